The van der Waals surface area contributed by atoms with Crippen LogP contribution in [0.3, 0.4) is 0 Å². The molecular weight excluding hydrogens is 346 g/mol. The molecule has 144 valence electrons. The van der Waals surface area contributed by atoms with Crippen molar-refractivity contribution in [3.63, 3.8) is 0 Å². The van der Waals surface area contributed by atoms with Gasteiger partial charge in [-0.25, -0.2) is 4.79 Å². The Labute approximate surface area is 159 Å². The van der Waals surface area contributed by atoms with E-state index >= 15 is 0 Å². The number of carbonyl (C=O) groups is 2. The van der Waals surface area contributed by atoms with Gasteiger partial charge in [0.05, 0.1) is 19.8 Å². The third-order valence-electron chi connectivity index (χ3n) is 4.26. The van der Waals surface area contributed by atoms with Crippen molar-refractivity contribution in [1.82, 2.24) is 4.90 Å². The van der Waals surface area contributed by atoms with E-state index in [0.717, 1.165) is 11.1 Å². The molecule has 27 heavy (non-hydrogen) atoms. The fourth-order valence-electron chi connectivity index (χ4n) is 2.73. The Balaban J connectivity index is 2.07. The van der Waals surface area contributed by atoms with Gasteiger partial charge >= 0.3 is 5.97 Å². The number of esters is 1. The van der Waals surface area contributed by atoms with Crippen molar-refractivity contribution >= 4 is 11.9 Å². The molecule has 2 rings (SSSR count). The smallest absolute Gasteiger partial charge is 0.339 e. The Morgan fingerprint density at radius 2 is 1.59 bits per heavy atom. The molecule has 6 nitrogen and oxygen atoms in total. The number of carbonyl (C=O) groups excluding carboxylic acids is 2. The lowest BCUT2D eigenvalue weighted by atomic mass is 10.1. The third-order valence-corrected chi connectivity index (χ3v) is 4.26. The highest BCUT2D eigenvalue weighted by Gasteiger charge is 2.23. The molecule has 0 radical (unpaired) electrons. The summed E-state index contributed by atoms with van der Waals surface area (Å²) in [6, 6.07) is 12.8. The van der Waals surface area contributed by atoms with Crippen LogP contribution in [0.25, 0.3) is 0 Å². The van der Waals surface area contributed by atoms with E-state index in [1.165, 1.54) is 19.1 Å². The molecule has 0 saturated heterocycles. The van der Waals surface area contributed by atoms with E-state index in [4.69, 9.17) is 14.2 Å². The molecule has 0 bridgehead atoms. The van der Waals surface area contributed by atoms with Crippen LogP contribution in [-0.2, 0) is 16.1 Å². The first kappa shape index (κ1) is 20.3. The summed E-state index contributed by atoms with van der Waals surface area (Å²) in [6.07, 6.45) is -0.912. The zero-order valence-corrected chi connectivity index (χ0v) is 16.3. The molecule has 0 spiro atoms. The summed E-state index contributed by atoms with van der Waals surface area (Å²) in [5, 5.41) is 0. The monoisotopic (exact) mass is 371 g/mol. The minimum atomic E-state index is -0.912. The van der Waals surface area contributed by atoms with Crippen LogP contribution >= 0.6 is 0 Å². The number of methoxy groups -OCH3 is 2. The SMILES string of the molecule is COc1cc(C(=O)OC(C)C(=O)N(C)Cc2ccccc2)cc(OC)c1C. The highest BCUT2D eigenvalue weighted by Crippen LogP contribution is 2.29. The average Bonchev–Trinajstić information content (AvgIpc) is 2.68. The van der Waals surface area contributed by atoms with Gasteiger partial charge in [-0.15, -0.1) is 0 Å². The summed E-state index contributed by atoms with van der Waals surface area (Å²) >= 11 is 0. The molecule has 0 fully saturated rings. The molecular formula is C21H25NO5. The standard InChI is InChI=1S/C21H25NO5/c1-14-18(25-4)11-17(12-19(14)26-5)21(24)27-15(2)20(23)22(3)13-16-9-7-6-8-10-16/h6-12,15H,13H2,1-5H3. The predicted octanol–water partition coefficient (Wildman–Crippen LogP) is 3.22. The Kier molecular flexibility index (Phi) is 6.82. The minimum Gasteiger partial charge on any atom is -0.496 e. The number of hydrogen-bond acceptors (Lipinski definition) is 5. The lowest BCUT2D eigenvalue weighted by Crippen LogP contribution is -2.37. The lowest BCUT2D eigenvalue weighted by molar-refractivity contribution is -0.139. The highest BCUT2D eigenvalue weighted by atomic mass is 16.5. The molecule has 1 unspecified atom stereocenters. The average molecular weight is 371 g/mol. The van der Waals surface area contributed by atoms with Crippen LogP contribution in [-0.4, -0.2) is 44.1 Å². The van der Waals surface area contributed by atoms with E-state index in [1.54, 1.807) is 26.1 Å². The number of rotatable bonds is 7. The lowest BCUT2D eigenvalue weighted by Gasteiger charge is -2.22. The van der Waals surface area contributed by atoms with Crippen molar-refractivity contribution < 1.29 is 23.8 Å². The second-order valence-corrected chi connectivity index (χ2v) is 6.23. The topological polar surface area (TPSA) is 65.1 Å². The molecule has 1 atom stereocenters. The zero-order valence-electron chi connectivity index (χ0n) is 16.3. The first-order valence-electron chi connectivity index (χ1n) is 8.59. The number of amides is 1. The van der Waals surface area contributed by atoms with Crippen molar-refractivity contribution in [3.05, 3.63) is 59.2 Å². The fraction of sp³-hybridized carbons (Fsp3) is 0.333. The van der Waals surface area contributed by atoms with Crippen LogP contribution in [0.1, 0.15) is 28.4 Å². The Hall–Kier alpha value is -3.02. The van der Waals surface area contributed by atoms with Crippen LogP contribution < -0.4 is 9.47 Å². The molecule has 0 saturated carbocycles. The van der Waals surface area contributed by atoms with Crippen LogP contribution in [0.15, 0.2) is 42.5 Å². The third kappa shape index (κ3) is 5.00. The second kappa shape index (κ2) is 9.07. The number of benzene rings is 2. The maximum absolute atomic E-state index is 12.5. The van der Waals surface area contributed by atoms with Gasteiger partial charge in [-0.1, -0.05) is 30.3 Å². The van der Waals surface area contributed by atoms with Crippen LogP contribution in [0.4, 0.5) is 0 Å². The number of nitrogens with zero attached hydrogens (tertiary/aromatic N) is 1. The number of likely N-dealkylation sites (N-methyl/N-ethyl adjacent to an activating group) is 1. The van der Waals surface area contributed by atoms with Crippen molar-refractivity contribution in [1.29, 1.82) is 0 Å². The summed E-state index contributed by atoms with van der Waals surface area (Å²) in [6.45, 7) is 3.83. The molecule has 0 N–H and O–H groups in total. The normalized spacial score (nSPS) is 11.4. The van der Waals surface area contributed by atoms with Gasteiger partial charge in [0, 0.05) is 19.2 Å². The minimum absolute atomic E-state index is 0.264. The van der Waals surface area contributed by atoms with E-state index in [1.807, 2.05) is 37.3 Å². The van der Waals surface area contributed by atoms with Gasteiger partial charge in [-0.2, -0.15) is 0 Å². The largest absolute Gasteiger partial charge is 0.496 e. The van der Waals surface area contributed by atoms with Gasteiger partial charge in [0.1, 0.15) is 11.5 Å². The maximum atomic E-state index is 12.5. The summed E-state index contributed by atoms with van der Waals surface area (Å²) < 4.78 is 15.9. The van der Waals surface area contributed by atoms with E-state index < -0.39 is 12.1 Å². The van der Waals surface area contributed by atoms with Crippen molar-refractivity contribution in [3.8, 4) is 11.5 Å². The number of ether oxygens (including phenoxy) is 3. The highest BCUT2D eigenvalue weighted by molar-refractivity contribution is 5.93. The van der Waals surface area contributed by atoms with Crippen LogP contribution in [0.5, 0.6) is 11.5 Å². The van der Waals surface area contributed by atoms with Crippen molar-refractivity contribution in [2.24, 2.45) is 0 Å². The first-order chi connectivity index (χ1) is 12.9. The van der Waals surface area contributed by atoms with Gasteiger partial charge < -0.3 is 19.1 Å². The predicted molar refractivity (Wildman–Crippen MR) is 102 cm³/mol. The van der Waals surface area contributed by atoms with Gasteiger partial charge in [0.25, 0.3) is 5.91 Å². The molecule has 0 aliphatic carbocycles. The molecule has 1 amide bonds. The fourth-order valence-corrected chi connectivity index (χ4v) is 2.73. The molecule has 2 aromatic rings. The molecule has 6 heteroatoms. The summed E-state index contributed by atoms with van der Waals surface area (Å²) in [5.74, 6) is 0.141. The van der Waals surface area contributed by atoms with Crippen molar-refractivity contribution in [2.75, 3.05) is 21.3 Å². The van der Waals surface area contributed by atoms with Crippen LogP contribution in [0.2, 0.25) is 0 Å². The summed E-state index contributed by atoms with van der Waals surface area (Å²) in [7, 11) is 4.71. The van der Waals surface area contributed by atoms with Gasteiger partial charge in [0.2, 0.25) is 0 Å². The zero-order chi connectivity index (χ0) is 20.0. The maximum Gasteiger partial charge on any atom is 0.339 e. The Morgan fingerprint density at radius 3 is 2.11 bits per heavy atom. The molecule has 2 aromatic carbocycles. The summed E-state index contributed by atoms with van der Waals surface area (Å²) in [5.41, 5.74) is 2.04. The van der Waals surface area contributed by atoms with Gasteiger partial charge in [0.15, 0.2) is 6.10 Å². The summed E-state index contributed by atoms with van der Waals surface area (Å²) in [4.78, 5) is 26.5. The van der Waals surface area contributed by atoms with E-state index in [0.29, 0.717) is 18.0 Å². The molecule has 0 aromatic heterocycles. The quantitative estimate of drug-likeness (QED) is 0.699. The van der Waals surface area contributed by atoms with Crippen LogP contribution in [0, 0.1) is 6.92 Å². The Bertz CT molecular complexity index is 778. The first-order valence-corrected chi connectivity index (χ1v) is 8.59. The van der Waals surface area contributed by atoms with Gasteiger partial charge in [-0.3, -0.25) is 4.79 Å². The van der Waals surface area contributed by atoms with E-state index in [9.17, 15) is 9.59 Å². The molecule has 0 aliphatic heterocycles. The van der Waals surface area contributed by atoms with E-state index in [2.05, 4.69) is 0 Å². The van der Waals surface area contributed by atoms with E-state index in [-0.39, 0.29) is 11.5 Å². The van der Waals surface area contributed by atoms with Crippen molar-refractivity contribution in [2.45, 2.75) is 26.5 Å². The number of hydrogen-bond donors (Lipinski definition) is 0. The molecule has 0 heterocycles. The molecule has 0 aliphatic rings. The Morgan fingerprint density at radius 1 is 1.04 bits per heavy atom. The second-order valence-electron chi connectivity index (χ2n) is 6.23. The van der Waals surface area contributed by atoms with Gasteiger partial charge in [-0.05, 0) is 31.5 Å².